The number of hydrogen-bond donors (Lipinski definition) is 1. The van der Waals surface area contributed by atoms with E-state index in [2.05, 4.69) is 57.5 Å². The Labute approximate surface area is 164 Å². The Bertz CT molecular complexity index is 1030. The van der Waals surface area contributed by atoms with Crippen molar-refractivity contribution in [3.63, 3.8) is 0 Å². The lowest BCUT2D eigenvalue weighted by molar-refractivity contribution is -0.116. The van der Waals surface area contributed by atoms with Gasteiger partial charge in [-0.3, -0.25) is 15.1 Å². The second-order valence-corrected chi connectivity index (χ2v) is 7.73. The fourth-order valence-electron chi connectivity index (χ4n) is 3.09. The quantitative estimate of drug-likeness (QED) is 0.799. The lowest BCUT2D eigenvalue weighted by atomic mass is 10.1. The van der Waals surface area contributed by atoms with Gasteiger partial charge in [0.2, 0.25) is 0 Å². The Kier molecular flexibility index (Phi) is 4.58. The van der Waals surface area contributed by atoms with Crippen molar-refractivity contribution < 1.29 is 4.79 Å². The molecule has 1 amide bonds. The van der Waals surface area contributed by atoms with Crippen molar-refractivity contribution in [1.29, 1.82) is 0 Å². The number of benzene rings is 2. The lowest BCUT2D eigenvalue weighted by Gasteiger charge is -2.34. The molecule has 0 spiro atoms. The third-order valence-corrected chi connectivity index (χ3v) is 5.51. The fraction of sp³-hybridized carbons (Fsp3) is 0.211. The third kappa shape index (κ3) is 2.95. The van der Waals surface area contributed by atoms with Crippen LogP contribution in [0.3, 0.4) is 0 Å². The molecule has 1 atom stereocenters. The van der Waals surface area contributed by atoms with Gasteiger partial charge in [-0.2, -0.15) is 0 Å². The van der Waals surface area contributed by atoms with E-state index in [9.17, 15) is 4.79 Å². The summed E-state index contributed by atoms with van der Waals surface area (Å²) in [4.78, 5) is 17.7. The standard InChI is InChI=1S/C19H17BrN4OS/c1-3-11-4-6-12(7-5-11)17-21-15-9-8-13(20)10-14(15)16-18(25)22-19(26-2)23-24(16)17/h4-10,17H,3H2,1-2H3,(H,22,23,25)/t17-/m0/s1. The molecule has 26 heavy (non-hydrogen) atoms. The predicted molar refractivity (Wildman–Crippen MR) is 108 cm³/mol. The zero-order chi connectivity index (χ0) is 18.3. The smallest absolute Gasteiger partial charge is 0.276 e. The van der Waals surface area contributed by atoms with Gasteiger partial charge in [-0.1, -0.05) is 58.9 Å². The molecule has 2 aromatic carbocycles. The van der Waals surface area contributed by atoms with Crippen molar-refractivity contribution in [2.24, 2.45) is 10.1 Å². The SMILES string of the molecule is CCc1ccc([C@H]2N=c3ccc(Br)cc3=C3C(=O)NC(SC)=NN32)cc1. The first-order valence-electron chi connectivity index (χ1n) is 8.30. The zero-order valence-corrected chi connectivity index (χ0v) is 16.8. The first-order valence-corrected chi connectivity index (χ1v) is 10.3. The second kappa shape index (κ2) is 6.89. The number of thioether (sulfide) groups is 1. The van der Waals surface area contributed by atoms with Crippen molar-refractivity contribution in [3.8, 4) is 0 Å². The van der Waals surface area contributed by atoms with Crippen LogP contribution in [0.25, 0.3) is 5.70 Å². The number of aryl methyl sites for hydroxylation is 1. The summed E-state index contributed by atoms with van der Waals surface area (Å²) < 4.78 is 0.900. The number of hydrazone groups is 1. The van der Waals surface area contributed by atoms with Crippen LogP contribution in [-0.2, 0) is 11.2 Å². The van der Waals surface area contributed by atoms with Gasteiger partial charge in [-0.05, 0) is 42.0 Å². The van der Waals surface area contributed by atoms with Crippen LogP contribution in [0.1, 0.15) is 24.2 Å². The van der Waals surface area contributed by atoms with Crippen LogP contribution in [0, 0.1) is 0 Å². The third-order valence-electron chi connectivity index (χ3n) is 4.45. The minimum Gasteiger partial charge on any atom is -0.298 e. The van der Waals surface area contributed by atoms with E-state index < -0.39 is 0 Å². The summed E-state index contributed by atoms with van der Waals surface area (Å²) in [6.45, 7) is 2.13. The molecule has 7 heteroatoms. The van der Waals surface area contributed by atoms with Gasteiger partial charge in [0.25, 0.3) is 5.91 Å². The number of hydrogen-bond acceptors (Lipinski definition) is 5. The Balaban J connectivity index is 1.95. The van der Waals surface area contributed by atoms with E-state index in [0.29, 0.717) is 10.9 Å². The topological polar surface area (TPSA) is 57.1 Å². The number of carbonyl (C=O) groups is 1. The number of nitrogens with one attached hydrogen (secondary N) is 1. The number of amides is 1. The monoisotopic (exact) mass is 428 g/mol. The van der Waals surface area contributed by atoms with E-state index in [1.54, 1.807) is 5.01 Å². The molecule has 4 rings (SSSR count). The summed E-state index contributed by atoms with van der Waals surface area (Å²) >= 11 is 4.89. The van der Waals surface area contributed by atoms with Crippen molar-refractivity contribution in [2.75, 3.05) is 6.26 Å². The lowest BCUT2D eigenvalue weighted by Crippen LogP contribution is -2.50. The first kappa shape index (κ1) is 17.3. The highest BCUT2D eigenvalue weighted by Gasteiger charge is 2.34. The van der Waals surface area contributed by atoms with Gasteiger partial charge in [0.15, 0.2) is 11.3 Å². The molecule has 132 valence electrons. The molecule has 2 aliphatic rings. The van der Waals surface area contributed by atoms with Gasteiger partial charge in [0.1, 0.15) is 5.70 Å². The van der Waals surface area contributed by atoms with Gasteiger partial charge in [-0.25, -0.2) is 5.01 Å². The van der Waals surface area contributed by atoms with Gasteiger partial charge in [-0.15, -0.1) is 5.10 Å². The van der Waals surface area contributed by atoms with E-state index in [0.717, 1.165) is 27.0 Å². The van der Waals surface area contributed by atoms with Gasteiger partial charge in [0.05, 0.1) is 5.36 Å². The molecule has 0 saturated carbocycles. The molecule has 0 radical (unpaired) electrons. The maximum atomic E-state index is 12.8. The number of fused-ring (bicyclic) bond motifs is 2. The molecule has 2 aliphatic heterocycles. The van der Waals surface area contributed by atoms with E-state index >= 15 is 0 Å². The number of rotatable bonds is 2. The summed E-state index contributed by atoms with van der Waals surface area (Å²) in [6.07, 6.45) is 2.51. The highest BCUT2D eigenvalue weighted by Crippen LogP contribution is 2.30. The maximum absolute atomic E-state index is 12.8. The van der Waals surface area contributed by atoms with Gasteiger partial charge in [0, 0.05) is 9.69 Å². The molecule has 2 heterocycles. The Hall–Kier alpha value is -2.12. The van der Waals surface area contributed by atoms with Gasteiger partial charge < -0.3 is 0 Å². The minimum absolute atomic E-state index is 0.159. The minimum atomic E-state index is -0.363. The summed E-state index contributed by atoms with van der Waals surface area (Å²) in [6, 6.07) is 14.1. The van der Waals surface area contributed by atoms with Crippen molar-refractivity contribution in [3.05, 3.63) is 68.6 Å². The number of nitrogens with zero attached hydrogens (tertiary/aromatic N) is 3. The average molecular weight is 429 g/mol. The molecular weight excluding hydrogens is 412 g/mol. The Morgan fingerprint density at radius 1 is 1.23 bits per heavy atom. The summed E-state index contributed by atoms with van der Waals surface area (Å²) in [5.74, 6) is -0.159. The Morgan fingerprint density at radius 2 is 2.00 bits per heavy atom. The number of halogens is 1. The largest absolute Gasteiger partial charge is 0.298 e. The maximum Gasteiger partial charge on any atom is 0.276 e. The highest BCUT2D eigenvalue weighted by molar-refractivity contribution is 9.10. The molecule has 0 unspecified atom stereocenters. The van der Waals surface area contributed by atoms with E-state index in [4.69, 9.17) is 4.99 Å². The first-order chi connectivity index (χ1) is 12.6. The van der Waals surface area contributed by atoms with E-state index in [1.165, 1.54) is 17.3 Å². The molecule has 0 aromatic heterocycles. The van der Waals surface area contributed by atoms with Crippen LogP contribution < -0.4 is 15.9 Å². The van der Waals surface area contributed by atoms with E-state index in [1.807, 2.05) is 24.5 Å². The van der Waals surface area contributed by atoms with Crippen molar-refractivity contribution >= 4 is 44.5 Å². The molecule has 0 fully saturated rings. The molecule has 0 saturated heterocycles. The molecule has 0 bridgehead atoms. The molecule has 0 aliphatic carbocycles. The fourth-order valence-corrected chi connectivity index (χ4v) is 3.81. The van der Waals surface area contributed by atoms with Crippen LogP contribution >= 0.6 is 27.7 Å². The van der Waals surface area contributed by atoms with Crippen LogP contribution in [0.15, 0.2) is 57.0 Å². The normalized spacial score (nSPS) is 18.5. The van der Waals surface area contributed by atoms with Crippen LogP contribution in [0.2, 0.25) is 0 Å². The van der Waals surface area contributed by atoms with Crippen LogP contribution in [-0.4, -0.2) is 22.3 Å². The second-order valence-electron chi connectivity index (χ2n) is 6.02. The van der Waals surface area contributed by atoms with Crippen LogP contribution in [0.5, 0.6) is 0 Å². The van der Waals surface area contributed by atoms with E-state index in [-0.39, 0.29) is 12.1 Å². The number of amidine groups is 1. The zero-order valence-electron chi connectivity index (χ0n) is 14.4. The molecular formula is C19H17BrN4OS. The molecule has 1 N–H and O–H groups in total. The van der Waals surface area contributed by atoms with Crippen LogP contribution in [0.4, 0.5) is 0 Å². The highest BCUT2D eigenvalue weighted by atomic mass is 79.9. The molecule has 2 aromatic rings. The Morgan fingerprint density at radius 3 is 2.69 bits per heavy atom. The van der Waals surface area contributed by atoms with Crippen molar-refractivity contribution in [1.82, 2.24) is 10.3 Å². The van der Waals surface area contributed by atoms with Crippen molar-refractivity contribution in [2.45, 2.75) is 19.5 Å². The van der Waals surface area contributed by atoms with Gasteiger partial charge >= 0.3 is 0 Å². The predicted octanol–water partition coefficient (Wildman–Crippen LogP) is 2.52. The summed E-state index contributed by atoms with van der Waals surface area (Å²) in [5, 5.41) is 11.4. The number of carbonyl (C=O) groups excluding carboxylic acids is 1. The summed E-state index contributed by atoms with van der Waals surface area (Å²) in [7, 11) is 0. The summed E-state index contributed by atoms with van der Waals surface area (Å²) in [5.41, 5.74) is 2.80. The average Bonchev–Trinajstić information content (AvgIpc) is 2.67. The molecule has 5 nitrogen and oxygen atoms in total.